The molecule has 0 aliphatic heterocycles. The number of amides is 1. The maximum atomic E-state index is 13.0. The number of nitrogens with zero attached hydrogens (tertiary/aromatic N) is 2. The monoisotopic (exact) mass is 467 g/mol. The molecule has 0 aliphatic rings. The quantitative estimate of drug-likeness (QED) is 0.367. The van der Waals surface area contributed by atoms with Crippen LogP contribution in [0.1, 0.15) is 39.6 Å². The molecular formula is C29H29N3O3. The van der Waals surface area contributed by atoms with Gasteiger partial charge in [0.25, 0.3) is 5.91 Å². The van der Waals surface area contributed by atoms with Gasteiger partial charge in [0.05, 0.1) is 12.2 Å². The van der Waals surface area contributed by atoms with Crippen LogP contribution in [0.25, 0.3) is 0 Å². The van der Waals surface area contributed by atoms with Gasteiger partial charge >= 0.3 is 5.97 Å². The molecule has 0 bridgehead atoms. The van der Waals surface area contributed by atoms with Gasteiger partial charge in [-0.15, -0.1) is 0 Å². The molecule has 0 spiro atoms. The number of aromatic nitrogens is 2. The number of esters is 1. The molecular weight excluding hydrogens is 438 g/mol. The largest absolute Gasteiger partial charge is 0.455 e. The Hall–Kier alpha value is -4.19. The van der Waals surface area contributed by atoms with Gasteiger partial charge in [0.15, 0.2) is 6.61 Å². The van der Waals surface area contributed by atoms with E-state index in [1.54, 1.807) is 0 Å². The van der Waals surface area contributed by atoms with Crippen LogP contribution < -0.4 is 5.32 Å². The van der Waals surface area contributed by atoms with Crippen molar-refractivity contribution in [1.29, 1.82) is 0 Å². The second-order valence-corrected chi connectivity index (χ2v) is 8.43. The molecule has 6 nitrogen and oxygen atoms in total. The average molecular weight is 468 g/mol. The number of aryl methyl sites for hydroxylation is 1. The van der Waals surface area contributed by atoms with E-state index in [-0.39, 0.29) is 12.5 Å². The highest BCUT2D eigenvalue weighted by molar-refractivity contribution is 5.85. The molecule has 0 unspecified atom stereocenters. The molecule has 1 heterocycles. The number of rotatable bonds is 9. The van der Waals surface area contributed by atoms with Gasteiger partial charge in [0, 0.05) is 17.8 Å². The second-order valence-electron chi connectivity index (χ2n) is 8.43. The zero-order valence-corrected chi connectivity index (χ0v) is 20.0. The van der Waals surface area contributed by atoms with Crippen molar-refractivity contribution in [3.8, 4) is 0 Å². The molecule has 4 rings (SSSR count). The Labute approximate surface area is 205 Å². The van der Waals surface area contributed by atoms with Crippen molar-refractivity contribution in [2.75, 3.05) is 6.61 Å². The van der Waals surface area contributed by atoms with Crippen molar-refractivity contribution in [1.82, 2.24) is 15.1 Å². The van der Waals surface area contributed by atoms with Gasteiger partial charge in [-0.3, -0.25) is 14.3 Å². The molecule has 178 valence electrons. The number of hydrogen-bond acceptors (Lipinski definition) is 4. The molecule has 0 saturated heterocycles. The van der Waals surface area contributed by atoms with E-state index in [0.717, 1.165) is 33.6 Å². The number of carbonyl (C=O) groups is 2. The van der Waals surface area contributed by atoms with Crippen LogP contribution in [0.2, 0.25) is 0 Å². The normalized spacial score (nSPS) is 10.8. The van der Waals surface area contributed by atoms with E-state index in [4.69, 9.17) is 4.74 Å². The number of ether oxygens (including phenoxy) is 1. The lowest BCUT2D eigenvalue weighted by molar-refractivity contribution is -0.149. The third kappa shape index (κ3) is 6.03. The van der Waals surface area contributed by atoms with Gasteiger partial charge in [-0.1, -0.05) is 91.0 Å². The molecule has 0 aliphatic carbocycles. The fourth-order valence-corrected chi connectivity index (χ4v) is 4.11. The summed E-state index contributed by atoms with van der Waals surface area (Å²) in [6.45, 7) is 4.57. The molecule has 1 amide bonds. The van der Waals surface area contributed by atoms with E-state index >= 15 is 0 Å². The average Bonchev–Trinajstić information content (AvgIpc) is 3.15. The van der Waals surface area contributed by atoms with Gasteiger partial charge in [0.2, 0.25) is 0 Å². The van der Waals surface area contributed by atoms with Crippen molar-refractivity contribution < 1.29 is 14.3 Å². The summed E-state index contributed by atoms with van der Waals surface area (Å²) in [7, 11) is 0. The minimum absolute atomic E-state index is 0.323. The maximum Gasteiger partial charge on any atom is 0.318 e. The van der Waals surface area contributed by atoms with E-state index in [0.29, 0.717) is 13.1 Å². The van der Waals surface area contributed by atoms with Gasteiger partial charge in [0.1, 0.15) is 5.92 Å². The van der Waals surface area contributed by atoms with Crippen molar-refractivity contribution >= 4 is 11.9 Å². The van der Waals surface area contributed by atoms with Crippen LogP contribution in [0.15, 0.2) is 91.0 Å². The lowest BCUT2D eigenvalue weighted by Crippen LogP contribution is -2.30. The van der Waals surface area contributed by atoms with E-state index in [2.05, 4.69) is 22.5 Å². The Bertz CT molecular complexity index is 1230. The predicted molar refractivity (Wildman–Crippen MR) is 135 cm³/mol. The standard InChI is InChI=1S/C29H29N3O3/c1-21-26(22(2)32(31-21)19-23-12-6-3-7-13-23)18-30-27(33)20-35-29(34)28(24-14-8-4-9-15-24)25-16-10-5-11-17-25/h3-17,28H,18-20H2,1-2H3,(H,30,33). The number of hydrogen-bond donors (Lipinski definition) is 1. The molecule has 6 heteroatoms. The highest BCUT2D eigenvalue weighted by atomic mass is 16.5. The molecule has 0 saturated carbocycles. The summed E-state index contributed by atoms with van der Waals surface area (Å²) in [5.74, 6) is -1.40. The van der Waals surface area contributed by atoms with Crippen molar-refractivity contribution in [3.63, 3.8) is 0 Å². The number of benzene rings is 3. The van der Waals surface area contributed by atoms with Gasteiger partial charge < -0.3 is 10.1 Å². The van der Waals surface area contributed by atoms with Crippen LogP contribution in [0.4, 0.5) is 0 Å². The minimum atomic E-state index is -0.592. The third-order valence-corrected chi connectivity index (χ3v) is 6.02. The molecule has 4 aromatic rings. The lowest BCUT2D eigenvalue weighted by Gasteiger charge is -2.17. The first-order valence-corrected chi connectivity index (χ1v) is 11.6. The summed E-state index contributed by atoms with van der Waals surface area (Å²) in [5.41, 5.74) is 5.63. The fraction of sp³-hybridized carbons (Fsp3) is 0.207. The maximum absolute atomic E-state index is 13.0. The SMILES string of the molecule is Cc1nn(Cc2ccccc2)c(C)c1CNC(=O)COC(=O)C(c1ccccc1)c1ccccc1. The third-order valence-electron chi connectivity index (χ3n) is 6.02. The van der Waals surface area contributed by atoms with E-state index < -0.39 is 11.9 Å². The lowest BCUT2D eigenvalue weighted by atomic mass is 9.91. The predicted octanol–water partition coefficient (Wildman–Crippen LogP) is 4.54. The summed E-state index contributed by atoms with van der Waals surface area (Å²) < 4.78 is 7.38. The first-order valence-electron chi connectivity index (χ1n) is 11.6. The fourth-order valence-electron chi connectivity index (χ4n) is 4.11. The Morgan fingerprint density at radius 1 is 0.857 bits per heavy atom. The Kier molecular flexibility index (Phi) is 7.73. The molecule has 3 aromatic carbocycles. The van der Waals surface area contributed by atoms with Gasteiger partial charge in [-0.25, -0.2) is 0 Å². The van der Waals surface area contributed by atoms with Crippen molar-refractivity contribution in [2.24, 2.45) is 0 Å². The van der Waals surface area contributed by atoms with Crippen LogP contribution >= 0.6 is 0 Å². The second kappa shape index (κ2) is 11.3. The van der Waals surface area contributed by atoms with Crippen LogP contribution in [-0.4, -0.2) is 28.3 Å². The highest BCUT2D eigenvalue weighted by Crippen LogP contribution is 2.26. The number of carbonyl (C=O) groups excluding carboxylic acids is 2. The molecule has 35 heavy (non-hydrogen) atoms. The van der Waals surface area contributed by atoms with Crippen LogP contribution in [-0.2, 0) is 27.4 Å². The molecule has 1 aromatic heterocycles. The van der Waals surface area contributed by atoms with E-state index in [1.165, 1.54) is 0 Å². The first kappa shape index (κ1) is 24.0. The van der Waals surface area contributed by atoms with Crippen molar-refractivity contribution in [3.05, 3.63) is 125 Å². The summed E-state index contributed by atoms with van der Waals surface area (Å²) in [6, 6.07) is 29.0. The van der Waals surface area contributed by atoms with Crippen LogP contribution in [0.5, 0.6) is 0 Å². The van der Waals surface area contributed by atoms with Gasteiger partial charge in [-0.2, -0.15) is 5.10 Å². The van der Waals surface area contributed by atoms with E-state index in [1.807, 2.05) is 97.4 Å². The summed E-state index contributed by atoms with van der Waals surface area (Å²) in [4.78, 5) is 25.5. The van der Waals surface area contributed by atoms with Crippen LogP contribution in [0.3, 0.4) is 0 Å². The summed E-state index contributed by atoms with van der Waals surface area (Å²) in [6.07, 6.45) is 0. The van der Waals surface area contributed by atoms with E-state index in [9.17, 15) is 9.59 Å². The smallest absolute Gasteiger partial charge is 0.318 e. The number of nitrogens with one attached hydrogen (secondary N) is 1. The molecule has 0 radical (unpaired) electrons. The Balaban J connectivity index is 1.36. The molecule has 0 fully saturated rings. The molecule has 1 N–H and O–H groups in total. The zero-order valence-electron chi connectivity index (χ0n) is 20.0. The highest BCUT2D eigenvalue weighted by Gasteiger charge is 2.25. The first-order chi connectivity index (χ1) is 17.0. The minimum Gasteiger partial charge on any atom is -0.455 e. The van der Waals surface area contributed by atoms with Crippen molar-refractivity contribution in [2.45, 2.75) is 32.9 Å². The molecule has 0 atom stereocenters. The van der Waals surface area contributed by atoms with Crippen LogP contribution in [0, 0.1) is 13.8 Å². The zero-order chi connectivity index (χ0) is 24.6. The van der Waals surface area contributed by atoms with Gasteiger partial charge in [-0.05, 0) is 30.5 Å². The Morgan fingerprint density at radius 2 is 1.40 bits per heavy atom. The summed E-state index contributed by atoms with van der Waals surface area (Å²) >= 11 is 0. The summed E-state index contributed by atoms with van der Waals surface area (Å²) in [5, 5.41) is 7.49. The Morgan fingerprint density at radius 3 is 1.97 bits per heavy atom. The topological polar surface area (TPSA) is 73.2 Å².